The fourth-order valence-corrected chi connectivity index (χ4v) is 5.28. The van der Waals surface area contributed by atoms with E-state index in [1.807, 2.05) is 47.6 Å². The van der Waals surface area contributed by atoms with E-state index in [1.54, 1.807) is 23.1 Å². The lowest BCUT2D eigenvalue weighted by Gasteiger charge is -2.28. The lowest BCUT2D eigenvalue weighted by molar-refractivity contribution is 0.0302. The number of sulfone groups is 1. The van der Waals surface area contributed by atoms with Crippen molar-refractivity contribution in [3.8, 4) is 11.8 Å². The maximum absolute atomic E-state index is 13.5. The Kier molecular flexibility index (Phi) is 7.68. The molecule has 2 aromatic carbocycles. The zero-order chi connectivity index (χ0) is 26.9. The lowest BCUT2D eigenvalue weighted by atomic mass is 9.78. The van der Waals surface area contributed by atoms with E-state index in [0.717, 1.165) is 0 Å². The molecule has 1 N–H and O–H groups in total. The van der Waals surface area contributed by atoms with Crippen LogP contribution in [0.4, 0.5) is 0 Å². The minimum atomic E-state index is -4.20. The van der Waals surface area contributed by atoms with Gasteiger partial charge in [0.05, 0.1) is 18.1 Å². The number of nitrogens with zero attached hydrogens (tertiary/aromatic N) is 2. The number of benzene rings is 2. The monoisotopic (exact) mass is 510 g/mol. The number of carbonyl (C=O) groups excluding carboxylic acids is 1. The van der Waals surface area contributed by atoms with Crippen LogP contribution in [0.3, 0.4) is 0 Å². The molecular weight excluding hydrogens is 476 g/mol. The van der Waals surface area contributed by atoms with Gasteiger partial charge >= 0.3 is 0 Å². The predicted molar refractivity (Wildman–Crippen MR) is 139 cm³/mol. The van der Waals surface area contributed by atoms with Gasteiger partial charge in [-0.25, -0.2) is 8.42 Å². The first-order valence-corrected chi connectivity index (χ1v) is 13.4. The number of rotatable bonds is 4. The van der Waals surface area contributed by atoms with Crippen molar-refractivity contribution >= 4 is 21.8 Å². The van der Waals surface area contributed by atoms with Gasteiger partial charge in [-0.2, -0.15) is 5.26 Å². The maximum atomic E-state index is 13.5. The van der Waals surface area contributed by atoms with Crippen molar-refractivity contribution in [2.24, 2.45) is 0 Å². The Bertz CT molecular complexity index is 1300. The van der Waals surface area contributed by atoms with Gasteiger partial charge in [-0.1, -0.05) is 47.6 Å². The number of carbonyl (C=O) groups is 1. The Balaban J connectivity index is 2.09. The summed E-state index contributed by atoms with van der Waals surface area (Å²) < 4.78 is 32.2. The third-order valence-corrected chi connectivity index (χ3v) is 7.80. The van der Waals surface area contributed by atoms with Crippen molar-refractivity contribution in [1.82, 2.24) is 4.90 Å². The molecule has 1 heterocycles. The largest absolute Gasteiger partial charge is 0.507 e. The molecule has 1 saturated heterocycles. The summed E-state index contributed by atoms with van der Waals surface area (Å²) in [5.74, 6) is -0.108. The fourth-order valence-electron chi connectivity index (χ4n) is 4.08. The quantitative estimate of drug-likeness (QED) is 0.592. The van der Waals surface area contributed by atoms with Crippen LogP contribution in [-0.4, -0.2) is 50.6 Å². The third-order valence-electron chi connectivity index (χ3n) is 6.14. The van der Waals surface area contributed by atoms with Crippen LogP contribution in [0.2, 0.25) is 0 Å². The molecule has 0 aliphatic carbocycles. The summed E-state index contributed by atoms with van der Waals surface area (Å²) in [6.07, 6.45) is 1.33. The van der Waals surface area contributed by atoms with Crippen molar-refractivity contribution in [3.63, 3.8) is 0 Å². The zero-order valence-corrected chi connectivity index (χ0v) is 22.6. The van der Waals surface area contributed by atoms with E-state index < -0.39 is 25.6 Å². The van der Waals surface area contributed by atoms with Crippen molar-refractivity contribution < 1.29 is 23.1 Å². The van der Waals surface area contributed by atoms with Gasteiger partial charge in [-0.3, -0.25) is 4.79 Å². The number of ether oxygens (including phenoxy) is 1. The Hall–Kier alpha value is -3.15. The highest BCUT2D eigenvalue weighted by Crippen LogP contribution is 2.40. The standard InChI is InChI=1S/C28H34N2O5S/c1-27(2,3)23-15-19(16-24(25(23)31)28(4,5)6)14-22(18-29)36(33,34)21-9-7-8-20(17-21)26(32)30-10-12-35-13-11-30/h7-9,14-17,31H,10-13H2,1-6H3/b22-14-. The van der Waals surface area contributed by atoms with Crippen LogP contribution in [0.5, 0.6) is 5.75 Å². The van der Waals surface area contributed by atoms with Gasteiger partial charge in [-0.05, 0) is 52.8 Å². The Labute approximate surface area is 213 Å². The lowest BCUT2D eigenvalue weighted by Crippen LogP contribution is -2.40. The normalized spacial score (nSPS) is 15.5. The fraction of sp³-hybridized carbons (Fsp3) is 0.429. The van der Waals surface area contributed by atoms with Gasteiger partial charge in [-0.15, -0.1) is 0 Å². The molecule has 0 aromatic heterocycles. The van der Waals surface area contributed by atoms with Crippen molar-refractivity contribution in [2.75, 3.05) is 26.3 Å². The summed E-state index contributed by atoms with van der Waals surface area (Å²) in [6, 6.07) is 11.0. The minimum Gasteiger partial charge on any atom is -0.507 e. The highest BCUT2D eigenvalue weighted by atomic mass is 32.2. The van der Waals surface area contributed by atoms with Crippen LogP contribution >= 0.6 is 0 Å². The van der Waals surface area contributed by atoms with Gasteiger partial charge in [0.1, 0.15) is 16.7 Å². The Morgan fingerprint density at radius 1 is 1.03 bits per heavy atom. The molecule has 1 fully saturated rings. The molecule has 0 spiro atoms. The molecule has 1 amide bonds. The number of phenolic OH excluding ortho intramolecular Hbond substituents is 1. The number of nitriles is 1. The first kappa shape index (κ1) is 27.4. The van der Waals surface area contributed by atoms with E-state index in [4.69, 9.17) is 4.74 Å². The van der Waals surface area contributed by atoms with E-state index >= 15 is 0 Å². The molecule has 0 bridgehead atoms. The van der Waals surface area contributed by atoms with E-state index in [9.17, 15) is 23.6 Å². The van der Waals surface area contributed by atoms with Crippen LogP contribution in [-0.2, 0) is 25.4 Å². The second-order valence-electron chi connectivity index (χ2n) is 11.0. The van der Waals surface area contributed by atoms with Crippen LogP contribution < -0.4 is 0 Å². The molecule has 192 valence electrons. The summed E-state index contributed by atoms with van der Waals surface area (Å²) in [4.78, 5) is 13.9. The summed E-state index contributed by atoms with van der Waals surface area (Å²) in [6.45, 7) is 13.5. The smallest absolute Gasteiger partial charge is 0.254 e. The topological polar surface area (TPSA) is 108 Å². The molecule has 0 atom stereocenters. The summed E-state index contributed by atoms with van der Waals surface area (Å²) in [7, 11) is -4.20. The van der Waals surface area contributed by atoms with Gasteiger partial charge < -0.3 is 14.7 Å². The molecule has 36 heavy (non-hydrogen) atoms. The average Bonchev–Trinajstić information content (AvgIpc) is 2.81. The maximum Gasteiger partial charge on any atom is 0.254 e. The number of phenols is 1. The molecule has 2 aromatic rings. The molecule has 1 aliphatic rings. The molecular formula is C28H34N2O5S. The Morgan fingerprint density at radius 2 is 1.58 bits per heavy atom. The van der Waals surface area contributed by atoms with Crippen LogP contribution in [0, 0.1) is 11.3 Å². The number of morpholine rings is 1. The average molecular weight is 511 g/mol. The van der Waals surface area contributed by atoms with E-state index in [0.29, 0.717) is 43.0 Å². The molecule has 0 saturated carbocycles. The second-order valence-corrected chi connectivity index (χ2v) is 12.9. The first-order valence-electron chi connectivity index (χ1n) is 11.9. The number of aromatic hydroxyl groups is 1. The number of hydrogen-bond acceptors (Lipinski definition) is 6. The Morgan fingerprint density at radius 3 is 2.08 bits per heavy atom. The second kappa shape index (κ2) is 10.1. The van der Waals surface area contributed by atoms with Gasteiger partial charge in [0.25, 0.3) is 5.91 Å². The molecule has 3 rings (SSSR count). The van der Waals surface area contributed by atoms with Gasteiger partial charge in [0, 0.05) is 29.8 Å². The molecule has 0 unspecified atom stereocenters. The van der Waals surface area contributed by atoms with Gasteiger partial charge in [0.15, 0.2) is 0 Å². The molecule has 0 radical (unpaired) electrons. The number of allylic oxidation sites excluding steroid dienone is 1. The zero-order valence-electron chi connectivity index (χ0n) is 21.8. The van der Waals surface area contributed by atoms with Crippen molar-refractivity contribution in [1.29, 1.82) is 5.26 Å². The third kappa shape index (κ3) is 5.80. The summed E-state index contributed by atoms with van der Waals surface area (Å²) >= 11 is 0. The predicted octanol–water partition coefficient (Wildman–Crippen LogP) is 4.80. The first-order chi connectivity index (χ1) is 16.7. The van der Waals surface area contributed by atoms with E-state index in [2.05, 4.69) is 0 Å². The highest BCUT2D eigenvalue weighted by Gasteiger charge is 2.28. The molecule has 1 aliphatic heterocycles. The highest BCUT2D eigenvalue weighted by molar-refractivity contribution is 7.95. The van der Waals surface area contributed by atoms with E-state index in [1.165, 1.54) is 24.3 Å². The van der Waals surface area contributed by atoms with Gasteiger partial charge in [0.2, 0.25) is 9.84 Å². The van der Waals surface area contributed by atoms with Crippen molar-refractivity contribution in [3.05, 3.63) is 63.6 Å². The number of hydrogen-bond donors (Lipinski definition) is 1. The molecule has 7 nitrogen and oxygen atoms in total. The van der Waals surface area contributed by atoms with E-state index in [-0.39, 0.29) is 22.1 Å². The van der Waals surface area contributed by atoms with Crippen molar-refractivity contribution in [2.45, 2.75) is 57.3 Å². The summed E-state index contributed by atoms with van der Waals surface area (Å²) in [5, 5.41) is 20.8. The SMILES string of the molecule is CC(C)(C)c1cc(/C=C(/C#N)S(=O)(=O)c2cccc(C(=O)N3CCOCC3)c2)cc(C(C)(C)C)c1O. The molecule has 8 heteroatoms. The van der Waals surface area contributed by atoms with Crippen LogP contribution in [0.15, 0.2) is 46.2 Å². The van der Waals surface area contributed by atoms with Crippen LogP contribution in [0.25, 0.3) is 6.08 Å². The van der Waals surface area contributed by atoms with Crippen LogP contribution in [0.1, 0.15) is 68.6 Å². The number of amides is 1. The summed E-state index contributed by atoms with van der Waals surface area (Å²) in [5.41, 5.74) is 1.25. The minimum absolute atomic E-state index is 0.125.